The Hall–Kier alpha value is -0.873. The molecule has 0 heterocycles. The van der Waals surface area contributed by atoms with Crippen LogP contribution < -0.4 is 0 Å². The van der Waals surface area contributed by atoms with Crippen LogP contribution in [0.1, 0.15) is 41.0 Å². The summed E-state index contributed by atoms with van der Waals surface area (Å²) in [4.78, 5) is 10.9. The van der Waals surface area contributed by atoms with Gasteiger partial charge in [0.05, 0.1) is 6.10 Å². The first-order valence-electron chi connectivity index (χ1n) is 7.12. The first-order chi connectivity index (χ1) is 8.92. The van der Waals surface area contributed by atoms with Crippen molar-refractivity contribution >= 4 is 14.3 Å². The molecule has 0 aromatic rings. The average Bonchev–Trinajstić information content (AvgIpc) is 2.26. The summed E-state index contributed by atoms with van der Waals surface area (Å²) >= 11 is 0. The van der Waals surface area contributed by atoms with Crippen LogP contribution in [0.3, 0.4) is 0 Å². The van der Waals surface area contributed by atoms with Crippen LogP contribution in [0.25, 0.3) is 0 Å². The monoisotopic (exact) mass is 298 g/mol. The van der Waals surface area contributed by atoms with Crippen LogP contribution >= 0.6 is 0 Å². The van der Waals surface area contributed by atoms with Crippen LogP contribution in [0.5, 0.6) is 0 Å². The van der Waals surface area contributed by atoms with Gasteiger partial charge in [-0.25, -0.2) is 4.79 Å². The fraction of sp³-hybridized carbons (Fsp3) is 0.688. The van der Waals surface area contributed by atoms with Crippen molar-refractivity contribution in [2.45, 2.75) is 65.3 Å². The number of rotatable bonds is 7. The van der Waals surface area contributed by atoms with E-state index in [-0.39, 0.29) is 17.1 Å². The molecule has 0 amide bonds. The van der Waals surface area contributed by atoms with Gasteiger partial charge < -0.3 is 9.53 Å². The van der Waals surface area contributed by atoms with Gasteiger partial charge in [-0.3, -0.25) is 0 Å². The molecule has 4 heteroatoms. The van der Waals surface area contributed by atoms with Crippen molar-refractivity contribution in [1.82, 2.24) is 0 Å². The molecule has 0 bridgehead atoms. The van der Waals surface area contributed by atoms with Gasteiger partial charge in [0.25, 0.3) is 0 Å². The van der Waals surface area contributed by atoms with Gasteiger partial charge in [0.2, 0.25) is 0 Å². The predicted molar refractivity (Wildman–Crippen MR) is 87.4 cm³/mol. The number of carboxylic acid groups (broad SMARTS) is 1. The number of carbonyl (C=O) groups is 1. The maximum absolute atomic E-state index is 10.9. The van der Waals surface area contributed by atoms with E-state index >= 15 is 0 Å². The Balaban J connectivity index is 5.12. The highest BCUT2D eigenvalue weighted by Gasteiger charge is 2.39. The summed E-state index contributed by atoms with van der Waals surface area (Å²) in [6.07, 6.45) is 4.35. The van der Waals surface area contributed by atoms with E-state index in [9.17, 15) is 4.79 Å². The van der Waals surface area contributed by atoms with Crippen LogP contribution in [0.15, 0.2) is 24.3 Å². The molecule has 0 aromatic heterocycles. The van der Waals surface area contributed by atoms with Crippen molar-refractivity contribution in [3.63, 3.8) is 0 Å². The molecule has 0 aromatic carbocycles. The third-order valence-electron chi connectivity index (χ3n) is 4.09. The van der Waals surface area contributed by atoms with Crippen molar-refractivity contribution in [2.75, 3.05) is 0 Å². The Morgan fingerprint density at radius 2 is 1.90 bits per heavy atom. The Labute approximate surface area is 124 Å². The fourth-order valence-electron chi connectivity index (χ4n) is 1.66. The second-order valence-electron chi connectivity index (χ2n) is 6.95. The van der Waals surface area contributed by atoms with E-state index in [1.807, 2.05) is 13.0 Å². The maximum atomic E-state index is 10.9. The van der Waals surface area contributed by atoms with Crippen molar-refractivity contribution in [2.24, 2.45) is 5.92 Å². The van der Waals surface area contributed by atoms with Crippen LogP contribution in [-0.4, -0.2) is 25.5 Å². The Morgan fingerprint density at radius 3 is 2.25 bits per heavy atom. The lowest BCUT2D eigenvalue weighted by Crippen LogP contribution is -2.45. The zero-order valence-electron chi connectivity index (χ0n) is 14.0. The van der Waals surface area contributed by atoms with E-state index in [1.165, 1.54) is 0 Å². The Bertz CT molecular complexity index is 378. The molecule has 20 heavy (non-hydrogen) atoms. The molecule has 2 atom stereocenters. The molecule has 0 aliphatic carbocycles. The number of hydrogen-bond acceptors (Lipinski definition) is 2. The lowest BCUT2D eigenvalue weighted by molar-refractivity contribution is -0.132. The van der Waals surface area contributed by atoms with E-state index < -0.39 is 14.3 Å². The van der Waals surface area contributed by atoms with E-state index in [4.69, 9.17) is 9.53 Å². The summed E-state index contributed by atoms with van der Waals surface area (Å²) in [7, 11) is -1.87. The van der Waals surface area contributed by atoms with E-state index in [0.29, 0.717) is 5.57 Å². The molecule has 1 N–H and O–H groups in total. The normalized spacial score (nSPS) is 16.6. The summed E-state index contributed by atoms with van der Waals surface area (Å²) in [5.41, 5.74) is 0.366. The largest absolute Gasteiger partial charge is 0.478 e. The third kappa shape index (κ3) is 5.63. The summed E-state index contributed by atoms with van der Waals surface area (Å²) in [5.74, 6) is -0.820. The van der Waals surface area contributed by atoms with Gasteiger partial charge in [0.15, 0.2) is 8.32 Å². The van der Waals surface area contributed by atoms with Crippen molar-refractivity contribution in [1.29, 1.82) is 0 Å². The Kier molecular flexibility index (Phi) is 6.91. The van der Waals surface area contributed by atoms with Gasteiger partial charge in [-0.15, -0.1) is 6.58 Å². The van der Waals surface area contributed by atoms with Gasteiger partial charge in [-0.2, -0.15) is 0 Å². The smallest absolute Gasteiger partial charge is 0.330 e. The Morgan fingerprint density at radius 1 is 1.40 bits per heavy atom. The first kappa shape index (κ1) is 19.1. The lowest BCUT2D eigenvalue weighted by atomic mass is 9.99. The topological polar surface area (TPSA) is 46.5 Å². The van der Waals surface area contributed by atoms with Gasteiger partial charge in [-0.1, -0.05) is 39.8 Å². The summed E-state index contributed by atoms with van der Waals surface area (Å²) in [5, 5.41) is 9.12. The van der Waals surface area contributed by atoms with E-state index in [1.54, 1.807) is 13.0 Å². The summed E-state index contributed by atoms with van der Waals surface area (Å²) < 4.78 is 6.42. The van der Waals surface area contributed by atoms with Gasteiger partial charge in [0, 0.05) is 11.5 Å². The van der Waals surface area contributed by atoms with Crippen LogP contribution in [0.2, 0.25) is 18.1 Å². The zero-order valence-corrected chi connectivity index (χ0v) is 15.0. The van der Waals surface area contributed by atoms with Gasteiger partial charge >= 0.3 is 5.97 Å². The molecule has 3 nitrogen and oxygen atoms in total. The molecule has 0 unspecified atom stereocenters. The SMILES string of the molecule is C=CC[C@@H](O[Si](C)(C)C(C)(C)C)[C@H](C)/C=C(/C)C(=O)O. The highest BCUT2D eigenvalue weighted by molar-refractivity contribution is 6.74. The molecule has 0 fully saturated rings. The molecule has 0 radical (unpaired) electrons. The molecular formula is C16H30O3Si. The number of hydrogen-bond donors (Lipinski definition) is 1. The van der Waals surface area contributed by atoms with Gasteiger partial charge in [-0.05, 0) is 31.5 Å². The molecule has 0 rings (SSSR count). The maximum Gasteiger partial charge on any atom is 0.330 e. The van der Waals surface area contributed by atoms with E-state index in [2.05, 4.69) is 40.4 Å². The average molecular weight is 298 g/mol. The molecule has 0 saturated carbocycles. The molecule has 116 valence electrons. The molecule has 0 aliphatic heterocycles. The molecule has 0 saturated heterocycles. The quantitative estimate of drug-likeness (QED) is 0.424. The predicted octanol–water partition coefficient (Wildman–Crippen LogP) is 4.62. The van der Waals surface area contributed by atoms with Gasteiger partial charge in [0.1, 0.15) is 0 Å². The van der Waals surface area contributed by atoms with Crippen molar-refractivity contribution in [3.05, 3.63) is 24.3 Å². The second kappa shape index (κ2) is 7.23. The molecular weight excluding hydrogens is 268 g/mol. The minimum absolute atomic E-state index is 0.0114. The molecule has 0 spiro atoms. The minimum Gasteiger partial charge on any atom is -0.478 e. The first-order valence-corrected chi connectivity index (χ1v) is 10.0. The lowest BCUT2D eigenvalue weighted by Gasteiger charge is -2.40. The number of carboxylic acids is 1. The highest BCUT2D eigenvalue weighted by atomic mass is 28.4. The van der Waals surface area contributed by atoms with Crippen LogP contribution in [-0.2, 0) is 9.22 Å². The van der Waals surface area contributed by atoms with Crippen LogP contribution in [0.4, 0.5) is 0 Å². The highest BCUT2D eigenvalue weighted by Crippen LogP contribution is 2.38. The van der Waals surface area contributed by atoms with Crippen molar-refractivity contribution < 1.29 is 14.3 Å². The van der Waals surface area contributed by atoms with Crippen LogP contribution in [0, 0.1) is 5.92 Å². The molecule has 0 aliphatic rings. The van der Waals surface area contributed by atoms with E-state index in [0.717, 1.165) is 6.42 Å². The summed E-state index contributed by atoms with van der Waals surface area (Å²) in [6, 6.07) is 0. The standard InChI is InChI=1S/C16H30O3Si/c1-9-10-14(12(2)11-13(3)15(17)18)19-20(7,8)16(4,5)6/h9,11-12,14H,1,10H2,2-8H3,(H,17,18)/b13-11-/t12-,14-/m1/s1. The van der Waals surface area contributed by atoms with Crippen molar-refractivity contribution in [3.8, 4) is 0 Å². The minimum atomic E-state index is -1.87. The third-order valence-corrected chi connectivity index (χ3v) is 8.59. The second-order valence-corrected chi connectivity index (χ2v) is 11.7. The fourth-order valence-corrected chi connectivity index (χ4v) is 3.08. The summed E-state index contributed by atoms with van der Waals surface area (Å²) in [6.45, 7) is 18.4. The number of aliphatic carboxylic acids is 1. The zero-order chi connectivity index (χ0) is 16.1.